The second-order valence-electron chi connectivity index (χ2n) is 4.98. The molecule has 0 aliphatic heterocycles. The van der Waals surface area contributed by atoms with Gasteiger partial charge < -0.3 is 10.4 Å². The molecule has 3 heteroatoms. The van der Waals surface area contributed by atoms with Crippen molar-refractivity contribution in [3.05, 3.63) is 35.6 Å². The third-order valence-corrected chi connectivity index (χ3v) is 3.48. The first-order chi connectivity index (χ1) is 8.16. The first-order valence-corrected chi connectivity index (χ1v) is 6.32. The van der Waals surface area contributed by atoms with Gasteiger partial charge in [-0.2, -0.15) is 0 Å². The molecule has 1 unspecified atom stereocenters. The van der Waals surface area contributed by atoms with Crippen LogP contribution < -0.4 is 5.32 Å². The Labute approximate surface area is 102 Å². The number of nitrogens with one attached hydrogen (secondary N) is 1. The maximum Gasteiger partial charge on any atom is 0.126 e. The second kappa shape index (κ2) is 5.61. The lowest BCUT2D eigenvalue weighted by atomic mass is 9.75. The zero-order valence-electron chi connectivity index (χ0n) is 10.2. The monoisotopic (exact) mass is 237 g/mol. The zero-order chi connectivity index (χ0) is 12.3. The summed E-state index contributed by atoms with van der Waals surface area (Å²) >= 11 is 0. The van der Waals surface area contributed by atoms with E-state index in [0.29, 0.717) is 12.0 Å². The third-order valence-electron chi connectivity index (χ3n) is 3.48. The molecule has 1 aromatic carbocycles. The molecule has 0 bridgehead atoms. The van der Waals surface area contributed by atoms with Crippen LogP contribution in [0.2, 0.25) is 0 Å². The van der Waals surface area contributed by atoms with E-state index in [2.05, 4.69) is 5.32 Å². The summed E-state index contributed by atoms with van der Waals surface area (Å²) in [6, 6.07) is 7.52. The van der Waals surface area contributed by atoms with Crippen LogP contribution in [0.1, 0.15) is 37.7 Å². The molecule has 0 amide bonds. The fourth-order valence-electron chi connectivity index (χ4n) is 2.34. The number of aliphatic hydroxyl groups is 1. The third kappa shape index (κ3) is 3.27. The SMILES string of the molecule is CC(O)CCNC1CC(c2ccccc2F)C1. The van der Waals surface area contributed by atoms with Crippen LogP contribution in [0.5, 0.6) is 0 Å². The van der Waals surface area contributed by atoms with E-state index in [1.807, 2.05) is 12.1 Å². The molecule has 2 rings (SSSR count). The van der Waals surface area contributed by atoms with Gasteiger partial charge in [0.1, 0.15) is 5.82 Å². The fourth-order valence-corrected chi connectivity index (χ4v) is 2.34. The van der Waals surface area contributed by atoms with E-state index in [-0.39, 0.29) is 11.9 Å². The molecule has 1 fully saturated rings. The van der Waals surface area contributed by atoms with Crippen LogP contribution in [-0.2, 0) is 0 Å². The molecule has 1 aliphatic rings. The first-order valence-electron chi connectivity index (χ1n) is 6.32. The van der Waals surface area contributed by atoms with Gasteiger partial charge in [0, 0.05) is 6.04 Å². The van der Waals surface area contributed by atoms with E-state index in [9.17, 15) is 4.39 Å². The van der Waals surface area contributed by atoms with Crippen LogP contribution in [-0.4, -0.2) is 23.8 Å². The van der Waals surface area contributed by atoms with Gasteiger partial charge in [-0.3, -0.25) is 0 Å². The Bertz CT molecular complexity index is 361. The highest BCUT2D eigenvalue weighted by Gasteiger charge is 2.31. The molecule has 2 nitrogen and oxygen atoms in total. The van der Waals surface area contributed by atoms with Gasteiger partial charge in [0.15, 0.2) is 0 Å². The van der Waals surface area contributed by atoms with E-state index >= 15 is 0 Å². The van der Waals surface area contributed by atoms with Crippen molar-refractivity contribution < 1.29 is 9.50 Å². The highest BCUT2D eigenvalue weighted by molar-refractivity contribution is 5.24. The number of benzene rings is 1. The minimum Gasteiger partial charge on any atom is -0.393 e. The molecule has 1 aliphatic carbocycles. The molecule has 0 aromatic heterocycles. The van der Waals surface area contributed by atoms with E-state index in [1.54, 1.807) is 13.0 Å². The Balaban J connectivity index is 1.74. The predicted molar refractivity (Wildman–Crippen MR) is 66.5 cm³/mol. The molecule has 0 heterocycles. The summed E-state index contributed by atoms with van der Waals surface area (Å²) in [5, 5.41) is 12.5. The Morgan fingerprint density at radius 2 is 2.12 bits per heavy atom. The highest BCUT2D eigenvalue weighted by Crippen LogP contribution is 2.37. The van der Waals surface area contributed by atoms with E-state index < -0.39 is 0 Å². The lowest BCUT2D eigenvalue weighted by Crippen LogP contribution is -2.41. The average Bonchev–Trinajstić information content (AvgIpc) is 2.23. The largest absolute Gasteiger partial charge is 0.393 e. The van der Waals surface area contributed by atoms with Crippen molar-refractivity contribution in [1.29, 1.82) is 0 Å². The minimum absolute atomic E-state index is 0.0834. The summed E-state index contributed by atoms with van der Waals surface area (Å²) in [5.41, 5.74) is 0.848. The van der Waals surface area contributed by atoms with Gasteiger partial charge in [-0.15, -0.1) is 0 Å². The predicted octanol–water partition coefficient (Wildman–Crippen LogP) is 2.43. The average molecular weight is 237 g/mol. The van der Waals surface area contributed by atoms with E-state index in [0.717, 1.165) is 31.4 Å². The van der Waals surface area contributed by atoms with Gasteiger partial charge in [-0.1, -0.05) is 18.2 Å². The molecule has 17 heavy (non-hydrogen) atoms. The van der Waals surface area contributed by atoms with E-state index in [1.165, 1.54) is 6.07 Å². The quantitative estimate of drug-likeness (QED) is 0.824. The number of rotatable bonds is 5. The zero-order valence-corrected chi connectivity index (χ0v) is 10.2. The van der Waals surface area contributed by atoms with Crippen molar-refractivity contribution >= 4 is 0 Å². The second-order valence-corrected chi connectivity index (χ2v) is 4.98. The Morgan fingerprint density at radius 1 is 1.41 bits per heavy atom. The Hall–Kier alpha value is -0.930. The van der Waals surface area contributed by atoms with Gasteiger partial charge in [-0.25, -0.2) is 4.39 Å². The van der Waals surface area contributed by atoms with Crippen LogP contribution >= 0.6 is 0 Å². The van der Waals surface area contributed by atoms with Crippen molar-refractivity contribution in [2.24, 2.45) is 0 Å². The van der Waals surface area contributed by atoms with Crippen LogP contribution in [0.15, 0.2) is 24.3 Å². The number of aliphatic hydroxyl groups excluding tert-OH is 1. The molecule has 1 aromatic rings. The summed E-state index contributed by atoms with van der Waals surface area (Å²) in [7, 11) is 0. The lowest BCUT2D eigenvalue weighted by molar-refractivity contribution is 0.177. The molecule has 0 radical (unpaired) electrons. The summed E-state index contributed by atoms with van der Waals surface area (Å²) in [4.78, 5) is 0. The lowest BCUT2D eigenvalue weighted by Gasteiger charge is -2.36. The fraction of sp³-hybridized carbons (Fsp3) is 0.571. The smallest absolute Gasteiger partial charge is 0.126 e. The minimum atomic E-state index is -0.245. The first kappa shape index (κ1) is 12.5. The summed E-state index contributed by atoms with van der Waals surface area (Å²) in [6.07, 6.45) is 2.53. The number of hydrogen-bond acceptors (Lipinski definition) is 2. The van der Waals surface area contributed by atoms with Gasteiger partial charge in [0.25, 0.3) is 0 Å². The van der Waals surface area contributed by atoms with Gasteiger partial charge >= 0.3 is 0 Å². The summed E-state index contributed by atoms with van der Waals surface area (Å²) in [5.74, 6) is 0.278. The van der Waals surface area contributed by atoms with Crippen molar-refractivity contribution in [3.63, 3.8) is 0 Å². The molecule has 0 saturated heterocycles. The van der Waals surface area contributed by atoms with Gasteiger partial charge in [-0.05, 0) is 50.3 Å². The van der Waals surface area contributed by atoms with Crippen LogP contribution in [0, 0.1) is 5.82 Å². The molecular formula is C14H20FNO. The molecule has 1 atom stereocenters. The Kier molecular flexibility index (Phi) is 4.13. The molecule has 2 N–H and O–H groups in total. The van der Waals surface area contributed by atoms with Crippen molar-refractivity contribution in [3.8, 4) is 0 Å². The van der Waals surface area contributed by atoms with Gasteiger partial charge in [0.2, 0.25) is 0 Å². The van der Waals surface area contributed by atoms with E-state index in [4.69, 9.17) is 5.11 Å². The maximum atomic E-state index is 13.5. The maximum absolute atomic E-state index is 13.5. The summed E-state index contributed by atoms with van der Waals surface area (Å²) < 4.78 is 13.5. The number of halogens is 1. The van der Waals surface area contributed by atoms with Crippen LogP contribution in [0.25, 0.3) is 0 Å². The molecule has 94 valence electrons. The normalized spacial score (nSPS) is 25.4. The topological polar surface area (TPSA) is 32.3 Å². The molecule has 0 spiro atoms. The summed E-state index contributed by atoms with van der Waals surface area (Å²) in [6.45, 7) is 2.64. The standard InChI is InChI=1S/C14H20FNO/c1-10(17)6-7-16-12-8-11(9-12)13-4-2-3-5-14(13)15/h2-5,10-12,16-17H,6-9H2,1H3. The van der Waals surface area contributed by atoms with Crippen LogP contribution in [0.4, 0.5) is 4.39 Å². The van der Waals surface area contributed by atoms with Crippen molar-refractivity contribution in [2.45, 2.75) is 44.2 Å². The Morgan fingerprint density at radius 3 is 2.76 bits per heavy atom. The van der Waals surface area contributed by atoms with Crippen LogP contribution in [0.3, 0.4) is 0 Å². The molecular weight excluding hydrogens is 217 g/mol. The molecule has 1 saturated carbocycles. The van der Waals surface area contributed by atoms with Crippen molar-refractivity contribution in [1.82, 2.24) is 5.32 Å². The van der Waals surface area contributed by atoms with Gasteiger partial charge in [0.05, 0.1) is 6.10 Å². The number of hydrogen-bond donors (Lipinski definition) is 2. The van der Waals surface area contributed by atoms with Crippen molar-refractivity contribution in [2.75, 3.05) is 6.54 Å². The highest BCUT2D eigenvalue weighted by atomic mass is 19.1.